The normalized spacial score (nSPS) is 53.9. The van der Waals surface area contributed by atoms with Crippen molar-refractivity contribution in [2.75, 3.05) is 0 Å². The summed E-state index contributed by atoms with van der Waals surface area (Å²) in [5.74, 6) is -0.393. The summed E-state index contributed by atoms with van der Waals surface area (Å²) in [5, 5.41) is 22.0. The molecular weight excluding hydrogens is 304 g/mol. The molecule has 0 radical (unpaired) electrons. The van der Waals surface area contributed by atoms with E-state index in [0.717, 1.165) is 19.3 Å². The van der Waals surface area contributed by atoms with E-state index in [-0.39, 0.29) is 29.0 Å². The number of rotatable bonds is 1. The predicted octanol–water partition coefficient (Wildman–Crippen LogP) is 2.86. The Bertz CT molecular complexity index is 570. The van der Waals surface area contributed by atoms with E-state index in [1.807, 2.05) is 6.92 Å². The third kappa shape index (κ3) is 2.19. The second-order valence-corrected chi connectivity index (χ2v) is 9.64. The number of ether oxygens (including phenoxy) is 1. The highest BCUT2D eigenvalue weighted by atomic mass is 16.5. The summed E-state index contributed by atoms with van der Waals surface area (Å²) in [7, 11) is 0. The molecule has 1 saturated heterocycles. The van der Waals surface area contributed by atoms with Gasteiger partial charge in [-0.3, -0.25) is 4.79 Å². The molecule has 4 nitrogen and oxygen atoms in total. The summed E-state index contributed by atoms with van der Waals surface area (Å²) in [4.78, 5) is 13.2. The monoisotopic (exact) mass is 336 g/mol. The van der Waals surface area contributed by atoms with Crippen LogP contribution in [-0.4, -0.2) is 39.4 Å². The molecule has 0 spiro atoms. The van der Waals surface area contributed by atoms with Crippen molar-refractivity contribution < 1.29 is 19.7 Å². The largest absolute Gasteiger partial charge is 0.390 e. The smallest absolute Gasteiger partial charge is 0.142 e. The van der Waals surface area contributed by atoms with Gasteiger partial charge < -0.3 is 14.9 Å². The average molecular weight is 336 g/mol. The minimum atomic E-state index is -1.09. The minimum Gasteiger partial charge on any atom is -0.390 e. The molecular formula is C20H32O4. The lowest BCUT2D eigenvalue weighted by molar-refractivity contribution is -0.304. The van der Waals surface area contributed by atoms with Gasteiger partial charge in [-0.15, -0.1) is 6.58 Å². The standard InChI is InChI=1S/C20H32O4/c1-7-18(4)11-12(21)14-19(5)10-8-9-17(2,3)15(19)13(22)16(23)20(14,6)24-18/h7,13-16,22-23H,1,8-11H2,2-6H3/t13-,14-,15+,16-,18-,19+,20-/m0/s1. The zero-order valence-corrected chi connectivity index (χ0v) is 15.6. The molecule has 1 heterocycles. The summed E-state index contributed by atoms with van der Waals surface area (Å²) in [6, 6.07) is 0. The molecule has 1 aliphatic heterocycles. The summed E-state index contributed by atoms with van der Waals surface area (Å²) in [5.41, 5.74) is -2.37. The Morgan fingerprint density at radius 1 is 1.17 bits per heavy atom. The summed E-state index contributed by atoms with van der Waals surface area (Å²) >= 11 is 0. The molecule has 0 aromatic heterocycles. The first kappa shape index (κ1) is 18.1. The fraction of sp³-hybridized carbons (Fsp3) is 0.850. The van der Waals surface area contributed by atoms with Crippen molar-refractivity contribution in [3.05, 3.63) is 12.7 Å². The van der Waals surface area contributed by atoms with E-state index in [2.05, 4.69) is 27.4 Å². The fourth-order valence-corrected chi connectivity index (χ4v) is 6.56. The quantitative estimate of drug-likeness (QED) is 0.723. The summed E-state index contributed by atoms with van der Waals surface area (Å²) in [6.45, 7) is 13.9. The van der Waals surface area contributed by atoms with Crippen molar-refractivity contribution in [2.45, 2.75) is 83.7 Å². The van der Waals surface area contributed by atoms with Gasteiger partial charge in [0.25, 0.3) is 0 Å². The van der Waals surface area contributed by atoms with Gasteiger partial charge in [0, 0.05) is 6.42 Å². The van der Waals surface area contributed by atoms with E-state index in [1.165, 1.54) is 0 Å². The van der Waals surface area contributed by atoms with Crippen LogP contribution in [0.5, 0.6) is 0 Å². The van der Waals surface area contributed by atoms with Gasteiger partial charge in [0.05, 0.1) is 17.6 Å². The van der Waals surface area contributed by atoms with Crippen molar-refractivity contribution in [3.63, 3.8) is 0 Å². The zero-order valence-electron chi connectivity index (χ0n) is 15.6. The van der Waals surface area contributed by atoms with Gasteiger partial charge in [0.15, 0.2) is 0 Å². The van der Waals surface area contributed by atoms with Crippen LogP contribution in [0.3, 0.4) is 0 Å². The topological polar surface area (TPSA) is 66.8 Å². The Hall–Kier alpha value is -0.710. The van der Waals surface area contributed by atoms with Gasteiger partial charge in [-0.2, -0.15) is 0 Å². The second-order valence-electron chi connectivity index (χ2n) is 9.64. The highest BCUT2D eigenvalue weighted by Crippen LogP contribution is 2.64. The first-order valence-corrected chi connectivity index (χ1v) is 9.14. The highest BCUT2D eigenvalue weighted by molar-refractivity contribution is 5.85. The molecule has 2 aliphatic carbocycles. The SMILES string of the molecule is C=C[C@@]1(C)CC(=O)[C@H]2[C@@]3(C)CCCC(C)(C)[C@H]3[C@H](O)[C@H](O)[C@@]2(C)O1. The van der Waals surface area contributed by atoms with Crippen LogP contribution >= 0.6 is 0 Å². The molecule has 0 aromatic rings. The molecule has 7 atom stereocenters. The van der Waals surface area contributed by atoms with Crippen molar-refractivity contribution in [2.24, 2.45) is 22.7 Å². The number of fused-ring (bicyclic) bond motifs is 3. The Balaban J connectivity index is 2.15. The van der Waals surface area contributed by atoms with Crippen molar-refractivity contribution in [1.82, 2.24) is 0 Å². The Morgan fingerprint density at radius 3 is 2.38 bits per heavy atom. The molecule has 0 unspecified atom stereocenters. The molecule has 0 bridgehead atoms. The number of aliphatic hydroxyl groups excluding tert-OH is 2. The molecule has 2 N–H and O–H groups in total. The van der Waals surface area contributed by atoms with Gasteiger partial charge in [0.1, 0.15) is 17.5 Å². The van der Waals surface area contributed by atoms with Gasteiger partial charge in [0.2, 0.25) is 0 Å². The fourth-order valence-electron chi connectivity index (χ4n) is 6.56. The van der Waals surface area contributed by atoms with Crippen LogP contribution in [0, 0.1) is 22.7 Å². The number of hydrogen-bond donors (Lipinski definition) is 2. The van der Waals surface area contributed by atoms with Crippen LogP contribution in [0.25, 0.3) is 0 Å². The van der Waals surface area contributed by atoms with Crippen LogP contribution in [0.1, 0.15) is 60.3 Å². The average Bonchev–Trinajstić information content (AvgIpc) is 2.42. The number of aliphatic hydroxyl groups is 2. The Morgan fingerprint density at radius 2 is 1.79 bits per heavy atom. The van der Waals surface area contributed by atoms with Crippen LogP contribution < -0.4 is 0 Å². The van der Waals surface area contributed by atoms with Gasteiger partial charge in [-0.05, 0) is 43.4 Å². The molecule has 0 amide bonds. The van der Waals surface area contributed by atoms with Crippen LogP contribution in [-0.2, 0) is 9.53 Å². The van der Waals surface area contributed by atoms with Gasteiger partial charge in [-0.1, -0.05) is 33.3 Å². The number of hydrogen-bond acceptors (Lipinski definition) is 4. The molecule has 3 rings (SSSR count). The van der Waals surface area contributed by atoms with Crippen LogP contribution in [0.4, 0.5) is 0 Å². The number of carbonyl (C=O) groups excluding carboxylic acids is 1. The first-order chi connectivity index (χ1) is 10.9. The van der Waals surface area contributed by atoms with Crippen LogP contribution in [0.2, 0.25) is 0 Å². The second kappa shape index (κ2) is 5.15. The van der Waals surface area contributed by atoms with Gasteiger partial charge >= 0.3 is 0 Å². The third-order valence-corrected chi connectivity index (χ3v) is 7.31. The summed E-state index contributed by atoms with van der Waals surface area (Å²) in [6.07, 6.45) is 2.85. The van der Waals surface area contributed by atoms with E-state index >= 15 is 0 Å². The zero-order chi connectivity index (χ0) is 18.1. The van der Waals surface area contributed by atoms with Gasteiger partial charge in [-0.25, -0.2) is 0 Å². The molecule has 0 aromatic carbocycles. The highest BCUT2D eigenvalue weighted by Gasteiger charge is 2.70. The lowest BCUT2D eigenvalue weighted by atomic mass is 9.42. The molecule has 2 saturated carbocycles. The molecule has 3 aliphatic rings. The number of carbonyl (C=O) groups is 1. The molecule has 4 heteroatoms. The van der Waals surface area contributed by atoms with Crippen molar-refractivity contribution in [3.8, 4) is 0 Å². The molecule has 3 fully saturated rings. The maximum atomic E-state index is 13.2. The number of Topliss-reactive ketones (excluding diaryl/α,β-unsaturated/α-hetero) is 1. The summed E-state index contributed by atoms with van der Waals surface area (Å²) < 4.78 is 6.30. The lowest BCUT2D eigenvalue weighted by Gasteiger charge is -2.66. The Kier molecular flexibility index (Phi) is 3.88. The van der Waals surface area contributed by atoms with Crippen molar-refractivity contribution in [1.29, 1.82) is 0 Å². The number of ketones is 1. The Labute approximate surface area is 145 Å². The lowest BCUT2D eigenvalue weighted by Crippen LogP contribution is -2.75. The van der Waals surface area contributed by atoms with E-state index in [0.29, 0.717) is 0 Å². The minimum absolute atomic E-state index is 0.117. The third-order valence-electron chi connectivity index (χ3n) is 7.31. The van der Waals surface area contributed by atoms with E-state index in [9.17, 15) is 15.0 Å². The van der Waals surface area contributed by atoms with Crippen molar-refractivity contribution >= 4 is 5.78 Å². The van der Waals surface area contributed by atoms with E-state index < -0.39 is 29.3 Å². The predicted molar refractivity (Wildman–Crippen MR) is 92.4 cm³/mol. The maximum absolute atomic E-state index is 13.2. The van der Waals surface area contributed by atoms with Crippen LogP contribution in [0.15, 0.2) is 12.7 Å². The first-order valence-electron chi connectivity index (χ1n) is 9.14. The van der Waals surface area contributed by atoms with E-state index in [1.54, 1.807) is 13.0 Å². The maximum Gasteiger partial charge on any atom is 0.142 e. The molecule has 136 valence electrons. The van der Waals surface area contributed by atoms with E-state index in [4.69, 9.17) is 4.74 Å². The molecule has 24 heavy (non-hydrogen) atoms.